The summed E-state index contributed by atoms with van der Waals surface area (Å²) in [5.41, 5.74) is 1.11. The van der Waals surface area contributed by atoms with Crippen molar-refractivity contribution in [3.05, 3.63) is 30.0 Å². The Bertz CT molecular complexity index is 685. The van der Waals surface area contributed by atoms with Crippen LogP contribution in [0, 0.1) is 0 Å². The van der Waals surface area contributed by atoms with Crippen molar-refractivity contribution in [2.24, 2.45) is 0 Å². The van der Waals surface area contributed by atoms with Crippen molar-refractivity contribution in [3.8, 4) is 0 Å². The molecule has 2 aromatic rings. The number of aromatic nitrogens is 1. The van der Waals surface area contributed by atoms with Crippen LogP contribution >= 0.6 is 0 Å². The molecule has 5 nitrogen and oxygen atoms in total. The van der Waals surface area contributed by atoms with Crippen molar-refractivity contribution in [1.82, 2.24) is 4.98 Å². The van der Waals surface area contributed by atoms with Gasteiger partial charge in [0.25, 0.3) is 0 Å². The van der Waals surface area contributed by atoms with Crippen LogP contribution in [-0.2, 0) is 21.1 Å². The lowest BCUT2D eigenvalue weighted by Crippen LogP contribution is -2.02. The number of carboxylic acids is 1. The van der Waals surface area contributed by atoms with Crippen LogP contribution in [0.5, 0.6) is 0 Å². The number of nitrogens with one attached hydrogen (secondary N) is 1. The number of sulfone groups is 1. The maximum absolute atomic E-state index is 11.6. The second kappa shape index (κ2) is 3.89. The minimum atomic E-state index is -3.37. The molecule has 0 aliphatic rings. The maximum Gasteiger partial charge on any atom is 0.307 e. The van der Waals surface area contributed by atoms with Gasteiger partial charge in [0.15, 0.2) is 9.84 Å². The molecule has 0 saturated carbocycles. The predicted octanol–water partition coefficient (Wildman–Crippen LogP) is 1.20. The molecule has 0 fully saturated rings. The summed E-state index contributed by atoms with van der Waals surface area (Å²) < 4.78 is 23.2. The van der Waals surface area contributed by atoms with Gasteiger partial charge in [-0.2, -0.15) is 0 Å². The highest BCUT2D eigenvalue weighted by Gasteiger charge is 2.17. The second-order valence-electron chi connectivity index (χ2n) is 3.84. The van der Waals surface area contributed by atoms with Gasteiger partial charge in [-0.15, -0.1) is 0 Å². The molecule has 0 amide bonds. The third kappa shape index (κ3) is 2.16. The Labute approximate surface area is 98.0 Å². The largest absolute Gasteiger partial charge is 0.481 e. The SMILES string of the molecule is CS(=O)(=O)c1cccc2[nH]cc(CC(=O)O)c12. The zero-order valence-corrected chi connectivity index (χ0v) is 9.91. The number of aromatic amines is 1. The zero-order chi connectivity index (χ0) is 12.6. The van der Waals surface area contributed by atoms with Crippen LogP contribution in [0.3, 0.4) is 0 Å². The van der Waals surface area contributed by atoms with Gasteiger partial charge in [-0.25, -0.2) is 8.42 Å². The molecule has 17 heavy (non-hydrogen) atoms. The first-order valence-corrected chi connectivity index (χ1v) is 6.79. The summed E-state index contributed by atoms with van der Waals surface area (Å²) in [4.78, 5) is 13.7. The van der Waals surface area contributed by atoms with Gasteiger partial charge in [0.05, 0.1) is 11.3 Å². The molecular formula is C11H11NO4S. The standard InChI is InChI=1S/C11H11NO4S/c1-17(15,16)9-4-2-3-8-11(9)7(6-12-8)5-10(13)14/h2-4,6,12H,5H2,1H3,(H,13,14). The van der Waals surface area contributed by atoms with Gasteiger partial charge in [0, 0.05) is 23.4 Å². The van der Waals surface area contributed by atoms with E-state index in [2.05, 4.69) is 4.98 Å². The molecule has 90 valence electrons. The molecule has 1 aromatic heterocycles. The summed E-state index contributed by atoms with van der Waals surface area (Å²) in [6.45, 7) is 0. The molecule has 0 unspecified atom stereocenters. The van der Waals surface area contributed by atoms with Gasteiger partial charge in [-0.1, -0.05) is 6.07 Å². The first-order chi connectivity index (χ1) is 7.89. The number of carbonyl (C=O) groups is 1. The normalized spacial score (nSPS) is 11.8. The van der Waals surface area contributed by atoms with Gasteiger partial charge in [0.1, 0.15) is 0 Å². The molecule has 0 atom stereocenters. The van der Waals surface area contributed by atoms with Crippen LogP contribution in [0.25, 0.3) is 10.9 Å². The number of aliphatic carboxylic acids is 1. The zero-order valence-electron chi connectivity index (χ0n) is 9.10. The molecule has 2 rings (SSSR count). The van der Waals surface area contributed by atoms with Crippen molar-refractivity contribution >= 4 is 26.7 Å². The van der Waals surface area contributed by atoms with Gasteiger partial charge in [-0.05, 0) is 17.7 Å². The average molecular weight is 253 g/mol. The Morgan fingerprint density at radius 1 is 1.41 bits per heavy atom. The molecule has 0 bridgehead atoms. The monoisotopic (exact) mass is 253 g/mol. The van der Waals surface area contributed by atoms with E-state index in [0.717, 1.165) is 6.26 Å². The average Bonchev–Trinajstić information content (AvgIpc) is 2.59. The van der Waals surface area contributed by atoms with Crippen LogP contribution < -0.4 is 0 Å². The summed E-state index contributed by atoms with van der Waals surface area (Å²) in [5.74, 6) is -0.991. The minimum absolute atomic E-state index is 0.160. The predicted molar refractivity (Wildman–Crippen MR) is 62.7 cm³/mol. The fourth-order valence-electron chi connectivity index (χ4n) is 1.83. The van der Waals surface area contributed by atoms with E-state index in [-0.39, 0.29) is 11.3 Å². The van der Waals surface area contributed by atoms with E-state index >= 15 is 0 Å². The van der Waals surface area contributed by atoms with Gasteiger partial charge < -0.3 is 10.1 Å². The second-order valence-corrected chi connectivity index (χ2v) is 5.82. The molecular weight excluding hydrogens is 242 g/mol. The fraction of sp³-hybridized carbons (Fsp3) is 0.182. The van der Waals surface area contributed by atoms with Gasteiger partial charge in [-0.3, -0.25) is 4.79 Å². The summed E-state index contributed by atoms with van der Waals surface area (Å²) >= 11 is 0. The number of benzene rings is 1. The Balaban J connectivity index is 2.77. The number of hydrogen-bond acceptors (Lipinski definition) is 3. The molecule has 0 saturated heterocycles. The smallest absolute Gasteiger partial charge is 0.307 e. The first-order valence-electron chi connectivity index (χ1n) is 4.90. The van der Waals surface area contributed by atoms with Crippen LogP contribution in [0.2, 0.25) is 0 Å². The first kappa shape index (κ1) is 11.7. The van der Waals surface area contributed by atoms with Crippen LogP contribution in [0.4, 0.5) is 0 Å². The van der Waals surface area contributed by atoms with Gasteiger partial charge in [0.2, 0.25) is 0 Å². The number of rotatable bonds is 3. The summed E-state index contributed by atoms with van der Waals surface area (Å²) in [6.07, 6.45) is 2.44. The molecule has 2 N–H and O–H groups in total. The lowest BCUT2D eigenvalue weighted by molar-refractivity contribution is -0.136. The highest BCUT2D eigenvalue weighted by molar-refractivity contribution is 7.91. The van der Waals surface area contributed by atoms with E-state index in [1.807, 2.05) is 0 Å². The Morgan fingerprint density at radius 3 is 2.71 bits per heavy atom. The Kier molecular flexibility index (Phi) is 2.66. The number of fused-ring (bicyclic) bond motifs is 1. The number of carboxylic acid groups (broad SMARTS) is 1. The van der Waals surface area contributed by atoms with E-state index in [1.54, 1.807) is 12.1 Å². The quantitative estimate of drug-likeness (QED) is 0.860. The number of H-pyrrole nitrogens is 1. The highest BCUT2D eigenvalue weighted by atomic mass is 32.2. The topological polar surface area (TPSA) is 87.2 Å². The summed E-state index contributed by atoms with van der Waals surface area (Å²) in [5, 5.41) is 9.24. The molecule has 0 aliphatic carbocycles. The lowest BCUT2D eigenvalue weighted by Gasteiger charge is -2.02. The summed E-state index contributed by atoms with van der Waals surface area (Å²) in [7, 11) is -3.37. The van der Waals surface area contributed by atoms with E-state index in [9.17, 15) is 13.2 Å². The van der Waals surface area contributed by atoms with Crippen LogP contribution in [0.15, 0.2) is 29.3 Å². The van der Waals surface area contributed by atoms with E-state index in [4.69, 9.17) is 5.11 Å². The molecule has 6 heteroatoms. The third-order valence-electron chi connectivity index (χ3n) is 2.49. The Morgan fingerprint density at radius 2 is 2.12 bits per heavy atom. The van der Waals surface area contributed by atoms with Crippen molar-refractivity contribution in [3.63, 3.8) is 0 Å². The van der Waals surface area contributed by atoms with E-state index in [0.29, 0.717) is 16.5 Å². The van der Waals surface area contributed by atoms with E-state index < -0.39 is 15.8 Å². The van der Waals surface area contributed by atoms with E-state index in [1.165, 1.54) is 12.3 Å². The molecule has 0 spiro atoms. The van der Waals surface area contributed by atoms with Crippen LogP contribution in [0.1, 0.15) is 5.56 Å². The summed E-state index contributed by atoms with van der Waals surface area (Å²) in [6, 6.07) is 4.83. The molecule has 0 radical (unpaired) electrons. The molecule has 0 aliphatic heterocycles. The van der Waals surface area contributed by atoms with Crippen molar-refractivity contribution < 1.29 is 18.3 Å². The fourth-order valence-corrected chi connectivity index (χ4v) is 2.77. The maximum atomic E-state index is 11.6. The highest BCUT2D eigenvalue weighted by Crippen LogP contribution is 2.26. The van der Waals surface area contributed by atoms with Crippen molar-refractivity contribution in [2.45, 2.75) is 11.3 Å². The Hall–Kier alpha value is -1.82. The molecule has 1 heterocycles. The lowest BCUT2D eigenvalue weighted by atomic mass is 10.1. The number of hydrogen-bond donors (Lipinski definition) is 2. The van der Waals surface area contributed by atoms with Crippen molar-refractivity contribution in [1.29, 1.82) is 0 Å². The van der Waals surface area contributed by atoms with Crippen molar-refractivity contribution in [2.75, 3.05) is 6.26 Å². The molecule has 1 aromatic carbocycles. The van der Waals surface area contributed by atoms with Crippen LogP contribution in [-0.4, -0.2) is 30.7 Å². The third-order valence-corrected chi connectivity index (χ3v) is 3.63. The minimum Gasteiger partial charge on any atom is -0.481 e. The van der Waals surface area contributed by atoms with Gasteiger partial charge >= 0.3 is 5.97 Å².